The summed E-state index contributed by atoms with van der Waals surface area (Å²) in [6.45, 7) is 24.6. The quantitative estimate of drug-likeness (QED) is 0.120. The number of benzene rings is 2. The van der Waals surface area contributed by atoms with Crippen molar-refractivity contribution in [3.63, 3.8) is 0 Å². The molecule has 2 aromatic carbocycles. The van der Waals surface area contributed by atoms with Gasteiger partial charge < -0.3 is 10.2 Å². The van der Waals surface area contributed by atoms with Gasteiger partial charge in [-0.05, 0) is 70.6 Å². The Bertz CT molecular complexity index is 1170. The van der Waals surface area contributed by atoms with Crippen LogP contribution in [0, 0.1) is 0 Å². The van der Waals surface area contributed by atoms with Crippen molar-refractivity contribution in [1.82, 2.24) is 5.01 Å². The van der Waals surface area contributed by atoms with E-state index in [0.29, 0.717) is 16.1 Å². The molecule has 6 nitrogen and oxygen atoms in total. The summed E-state index contributed by atoms with van der Waals surface area (Å²) in [5.41, 5.74) is 1.62. The molecule has 0 aliphatic carbocycles. The van der Waals surface area contributed by atoms with Crippen LogP contribution in [-0.2, 0) is 21.7 Å². The lowest BCUT2D eigenvalue weighted by atomic mass is 9.75. The molecule has 2 aromatic rings. The molecule has 4 N–H and O–H groups in total. The Kier molecular flexibility index (Phi) is 9.63. The van der Waals surface area contributed by atoms with E-state index in [-0.39, 0.29) is 33.5 Å². The molecule has 0 saturated heterocycles. The smallest absolute Gasteiger partial charge is 0.278 e. The molecule has 0 bridgehead atoms. The third kappa shape index (κ3) is 6.22. The zero-order chi connectivity index (χ0) is 31.0. The topological polar surface area (TPSA) is 104 Å². The number of nitrogens with two attached hydrogens (primary N) is 1. The number of rotatable bonds is 10. The van der Waals surface area contributed by atoms with Gasteiger partial charge >= 0.3 is 0 Å². The standard InChI is InChI=1S/C34H52N2O4/c1-13-31(5,6)21-17-23(27(37)25(19-21)33(9,10)15-3)29(39)36(35)30(40)24-18-22(32(7,8)14-2)20-26(28(24)38)34(11,12)16-4/h17-20,37-38H,13-16,35H2,1-12H3. The van der Waals surface area contributed by atoms with E-state index in [4.69, 9.17) is 5.84 Å². The van der Waals surface area contributed by atoms with Crippen molar-refractivity contribution in [3.05, 3.63) is 57.6 Å². The van der Waals surface area contributed by atoms with Crippen LogP contribution in [0.4, 0.5) is 0 Å². The molecule has 0 spiro atoms. The summed E-state index contributed by atoms with van der Waals surface area (Å²) in [6.07, 6.45) is 3.09. The Hall–Kier alpha value is -2.86. The fraction of sp³-hybridized carbons (Fsp3) is 0.588. The van der Waals surface area contributed by atoms with Crippen molar-refractivity contribution in [2.24, 2.45) is 5.84 Å². The normalized spacial score (nSPS) is 12.9. The second-order valence-electron chi connectivity index (χ2n) is 13.8. The fourth-order valence-electron chi connectivity index (χ4n) is 4.55. The summed E-state index contributed by atoms with van der Waals surface area (Å²) in [6, 6.07) is 7.21. The molecule has 0 radical (unpaired) electrons. The minimum atomic E-state index is -0.819. The van der Waals surface area contributed by atoms with Gasteiger partial charge in [0.15, 0.2) is 0 Å². The van der Waals surface area contributed by atoms with Crippen molar-refractivity contribution in [2.45, 2.75) is 130 Å². The Labute approximate surface area is 241 Å². The highest BCUT2D eigenvalue weighted by molar-refractivity contribution is 6.12. The van der Waals surface area contributed by atoms with E-state index in [1.165, 1.54) is 0 Å². The van der Waals surface area contributed by atoms with Crippen LogP contribution in [0.15, 0.2) is 24.3 Å². The van der Waals surface area contributed by atoms with Gasteiger partial charge in [-0.25, -0.2) is 10.9 Å². The number of phenolic OH excluding ortho intramolecular Hbond substituents is 2. The van der Waals surface area contributed by atoms with Gasteiger partial charge in [0.2, 0.25) is 0 Å². The Balaban J connectivity index is 2.78. The summed E-state index contributed by atoms with van der Waals surface area (Å²) in [7, 11) is 0. The molecule has 0 aromatic heterocycles. The van der Waals surface area contributed by atoms with Gasteiger partial charge in [0.1, 0.15) is 11.5 Å². The molecule has 2 rings (SSSR count). The van der Waals surface area contributed by atoms with Crippen molar-refractivity contribution < 1.29 is 19.8 Å². The Morgan fingerprint density at radius 2 is 0.875 bits per heavy atom. The second-order valence-corrected chi connectivity index (χ2v) is 13.8. The molecule has 0 aliphatic heterocycles. The first-order chi connectivity index (χ1) is 18.2. The van der Waals surface area contributed by atoms with Crippen molar-refractivity contribution in [3.8, 4) is 11.5 Å². The van der Waals surface area contributed by atoms with Crippen LogP contribution < -0.4 is 5.84 Å². The maximum atomic E-state index is 13.8. The van der Waals surface area contributed by atoms with Crippen LogP contribution in [0.25, 0.3) is 0 Å². The minimum Gasteiger partial charge on any atom is -0.507 e. The number of amides is 2. The summed E-state index contributed by atoms with van der Waals surface area (Å²) >= 11 is 0. The molecule has 0 fully saturated rings. The predicted octanol–water partition coefficient (Wildman–Crippen LogP) is 8.00. The zero-order valence-electron chi connectivity index (χ0n) is 26.9. The Morgan fingerprint density at radius 3 is 1.12 bits per heavy atom. The third-order valence-corrected chi connectivity index (χ3v) is 9.67. The van der Waals surface area contributed by atoms with Gasteiger partial charge in [0, 0.05) is 11.1 Å². The van der Waals surface area contributed by atoms with Crippen molar-refractivity contribution in [2.75, 3.05) is 0 Å². The van der Waals surface area contributed by atoms with Crippen LogP contribution >= 0.6 is 0 Å². The average Bonchev–Trinajstić information content (AvgIpc) is 2.91. The van der Waals surface area contributed by atoms with Crippen LogP contribution in [0.5, 0.6) is 11.5 Å². The van der Waals surface area contributed by atoms with Crippen molar-refractivity contribution >= 4 is 11.8 Å². The van der Waals surface area contributed by atoms with Gasteiger partial charge in [-0.2, -0.15) is 0 Å². The molecule has 222 valence electrons. The molecule has 0 unspecified atom stereocenters. The Morgan fingerprint density at radius 1 is 0.600 bits per heavy atom. The van der Waals surface area contributed by atoms with Crippen LogP contribution in [-0.4, -0.2) is 27.0 Å². The van der Waals surface area contributed by atoms with Crippen LogP contribution in [0.1, 0.15) is 152 Å². The second kappa shape index (κ2) is 11.6. The summed E-state index contributed by atoms with van der Waals surface area (Å²) in [4.78, 5) is 27.7. The molecule has 0 heterocycles. The van der Waals surface area contributed by atoms with Gasteiger partial charge in [-0.15, -0.1) is 0 Å². The molecular weight excluding hydrogens is 500 g/mol. The predicted molar refractivity (Wildman–Crippen MR) is 164 cm³/mol. The van der Waals surface area contributed by atoms with E-state index in [1.54, 1.807) is 12.1 Å². The van der Waals surface area contributed by atoms with Gasteiger partial charge in [0.25, 0.3) is 11.8 Å². The van der Waals surface area contributed by atoms with Crippen LogP contribution in [0.2, 0.25) is 0 Å². The first-order valence-electron chi connectivity index (χ1n) is 14.6. The van der Waals surface area contributed by atoms with Gasteiger partial charge in [0.05, 0.1) is 11.1 Å². The summed E-state index contributed by atoms with van der Waals surface area (Å²) in [5.74, 6) is 4.26. The number of hydrogen-bond donors (Lipinski definition) is 3. The molecule has 0 aliphatic rings. The molecule has 2 amide bonds. The van der Waals surface area contributed by atoms with Gasteiger partial charge in [-0.1, -0.05) is 95.2 Å². The van der Waals surface area contributed by atoms with Gasteiger partial charge in [-0.3, -0.25) is 9.59 Å². The van der Waals surface area contributed by atoms with E-state index in [1.807, 2.05) is 53.7 Å². The molecule has 0 saturated carbocycles. The third-order valence-electron chi connectivity index (χ3n) is 9.67. The zero-order valence-corrected chi connectivity index (χ0v) is 26.9. The average molecular weight is 553 g/mol. The van der Waals surface area contributed by atoms with E-state index >= 15 is 0 Å². The molecule has 40 heavy (non-hydrogen) atoms. The maximum Gasteiger partial charge on any atom is 0.278 e. The largest absolute Gasteiger partial charge is 0.507 e. The minimum absolute atomic E-state index is 0.0231. The van der Waals surface area contributed by atoms with Crippen molar-refractivity contribution in [1.29, 1.82) is 0 Å². The molecular formula is C34H52N2O4. The molecule has 0 atom stereocenters. The first kappa shape index (κ1) is 33.3. The summed E-state index contributed by atoms with van der Waals surface area (Å²) in [5, 5.41) is 23.2. The van der Waals surface area contributed by atoms with E-state index in [2.05, 4.69) is 41.5 Å². The number of carbonyl (C=O) groups excluding carboxylic acids is 2. The highest BCUT2D eigenvalue weighted by Crippen LogP contribution is 2.42. The lowest BCUT2D eigenvalue weighted by Gasteiger charge is -2.31. The van der Waals surface area contributed by atoms with E-state index in [0.717, 1.165) is 36.8 Å². The highest BCUT2D eigenvalue weighted by Gasteiger charge is 2.35. The number of aromatic hydroxyl groups is 2. The molecule has 6 heteroatoms. The first-order valence-corrected chi connectivity index (χ1v) is 14.6. The number of nitrogens with zero attached hydrogens (tertiary/aromatic N) is 1. The SMILES string of the molecule is CCC(C)(C)c1cc(C(=O)N(N)C(=O)c2cc(C(C)(C)CC)cc(C(C)(C)CC)c2O)c(O)c(C(C)(C)CC)c1. The fourth-order valence-corrected chi connectivity index (χ4v) is 4.55. The van der Waals surface area contributed by atoms with Crippen LogP contribution in [0.3, 0.4) is 0 Å². The number of hydrogen-bond acceptors (Lipinski definition) is 5. The lowest BCUT2D eigenvalue weighted by molar-refractivity contribution is 0.0612. The summed E-state index contributed by atoms with van der Waals surface area (Å²) < 4.78 is 0. The highest BCUT2D eigenvalue weighted by atomic mass is 16.3. The maximum absolute atomic E-state index is 13.8. The number of imide groups is 1. The lowest BCUT2D eigenvalue weighted by Crippen LogP contribution is -2.43. The number of carbonyl (C=O) groups is 2. The number of hydrazine groups is 1. The monoisotopic (exact) mass is 552 g/mol. The van der Waals surface area contributed by atoms with E-state index in [9.17, 15) is 19.8 Å². The number of phenols is 2. The van der Waals surface area contributed by atoms with E-state index < -0.39 is 22.6 Å².